The Morgan fingerprint density at radius 1 is 1.33 bits per heavy atom. The fourth-order valence-electron chi connectivity index (χ4n) is 2.05. The zero-order chi connectivity index (χ0) is 15.6. The molecule has 0 atom stereocenters. The first kappa shape index (κ1) is 15.1. The molecule has 4 nitrogen and oxygen atoms in total. The maximum Gasteiger partial charge on any atom is 0.337 e. The Morgan fingerprint density at radius 2 is 2.05 bits per heavy atom. The van der Waals surface area contributed by atoms with E-state index in [1.807, 2.05) is 0 Å². The van der Waals surface area contributed by atoms with Crippen molar-refractivity contribution < 1.29 is 14.3 Å². The minimum absolute atomic E-state index is 0.0758. The van der Waals surface area contributed by atoms with Gasteiger partial charge in [0.2, 0.25) is 0 Å². The molecule has 21 heavy (non-hydrogen) atoms. The Hall–Kier alpha value is -2.27. The van der Waals surface area contributed by atoms with Gasteiger partial charge in [0.05, 0.1) is 11.3 Å². The molecule has 3 N–H and O–H groups in total. The van der Waals surface area contributed by atoms with Gasteiger partial charge in [-0.25, -0.2) is 9.18 Å². The average molecular weight is 309 g/mol. The lowest BCUT2D eigenvalue weighted by Crippen LogP contribution is -2.20. The van der Waals surface area contributed by atoms with Crippen molar-refractivity contribution in [3.63, 3.8) is 0 Å². The van der Waals surface area contributed by atoms with Gasteiger partial charge in [0.1, 0.15) is 5.82 Å². The van der Waals surface area contributed by atoms with Crippen molar-refractivity contribution >= 4 is 28.9 Å². The van der Waals surface area contributed by atoms with E-state index in [9.17, 15) is 14.3 Å². The fourth-order valence-corrected chi connectivity index (χ4v) is 2.21. The molecule has 0 fully saturated rings. The lowest BCUT2D eigenvalue weighted by atomic mass is 10.1. The lowest BCUT2D eigenvalue weighted by molar-refractivity contribution is 0.0697. The van der Waals surface area contributed by atoms with Gasteiger partial charge < -0.3 is 15.7 Å². The minimum Gasteiger partial charge on any atom is -0.478 e. The smallest absolute Gasteiger partial charge is 0.337 e. The summed E-state index contributed by atoms with van der Waals surface area (Å²) in [5.74, 6) is -1.51. The predicted molar refractivity (Wildman–Crippen MR) is 81.3 cm³/mol. The van der Waals surface area contributed by atoms with Crippen molar-refractivity contribution in [1.29, 1.82) is 0 Å². The van der Waals surface area contributed by atoms with E-state index in [0.29, 0.717) is 22.0 Å². The molecule has 0 amide bonds. The molecule has 0 saturated carbocycles. The maximum atomic E-state index is 13.8. The molecule has 0 aliphatic carbocycles. The summed E-state index contributed by atoms with van der Waals surface area (Å²) >= 11 is 5.71. The van der Waals surface area contributed by atoms with Crippen LogP contribution in [0.1, 0.15) is 15.9 Å². The highest BCUT2D eigenvalue weighted by atomic mass is 35.5. The van der Waals surface area contributed by atoms with E-state index in [1.165, 1.54) is 12.1 Å². The van der Waals surface area contributed by atoms with Crippen LogP contribution in [0.4, 0.5) is 15.8 Å². The van der Waals surface area contributed by atoms with E-state index < -0.39 is 11.8 Å². The number of carboxylic acids is 1. The standard InChI is InChI=1S/C15H14ClFN2O2/c1-19(8-9-2-3-10(16)6-13(9)17)14-5-4-11(18)7-12(14)15(20)21/h2-7H,8,18H2,1H3,(H,20,21). The number of nitrogens with two attached hydrogens (primary N) is 1. The van der Waals surface area contributed by atoms with Crippen LogP contribution < -0.4 is 10.6 Å². The number of rotatable bonds is 4. The third-order valence-electron chi connectivity index (χ3n) is 3.08. The number of aromatic carboxylic acids is 1. The van der Waals surface area contributed by atoms with Crippen LogP contribution in [-0.4, -0.2) is 18.1 Å². The van der Waals surface area contributed by atoms with Crippen LogP contribution in [-0.2, 0) is 6.54 Å². The Morgan fingerprint density at radius 3 is 2.67 bits per heavy atom. The van der Waals surface area contributed by atoms with Gasteiger partial charge in [-0.3, -0.25) is 0 Å². The largest absolute Gasteiger partial charge is 0.478 e. The molecule has 0 spiro atoms. The third-order valence-corrected chi connectivity index (χ3v) is 3.32. The SMILES string of the molecule is CN(Cc1ccc(Cl)cc1F)c1ccc(N)cc1C(=O)O. The van der Waals surface area contributed by atoms with Gasteiger partial charge in [0.15, 0.2) is 0 Å². The highest BCUT2D eigenvalue weighted by molar-refractivity contribution is 6.30. The summed E-state index contributed by atoms with van der Waals surface area (Å²) in [5, 5.41) is 9.54. The summed E-state index contributed by atoms with van der Waals surface area (Å²) in [6.07, 6.45) is 0. The lowest BCUT2D eigenvalue weighted by Gasteiger charge is -2.22. The summed E-state index contributed by atoms with van der Waals surface area (Å²) in [7, 11) is 1.69. The van der Waals surface area contributed by atoms with Crippen LogP contribution in [0, 0.1) is 5.82 Å². The molecule has 0 aromatic heterocycles. The van der Waals surface area contributed by atoms with Crippen LogP contribution in [0.25, 0.3) is 0 Å². The monoisotopic (exact) mass is 308 g/mol. The van der Waals surface area contributed by atoms with E-state index in [1.54, 1.807) is 36.2 Å². The summed E-state index contributed by atoms with van der Waals surface area (Å²) in [4.78, 5) is 12.9. The van der Waals surface area contributed by atoms with Crippen LogP contribution in [0.15, 0.2) is 36.4 Å². The molecule has 6 heteroatoms. The number of benzene rings is 2. The number of nitrogens with zero attached hydrogens (tertiary/aromatic N) is 1. The van der Waals surface area contributed by atoms with Crippen LogP contribution >= 0.6 is 11.6 Å². The first-order valence-corrected chi connectivity index (χ1v) is 6.54. The zero-order valence-corrected chi connectivity index (χ0v) is 12.1. The molecule has 0 aliphatic heterocycles. The first-order valence-electron chi connectivity index (χ1n) is 6.16. The minimum atomic E-state index is -1.08. The number of carboxylic acid groups (broad SMARTS) is 1. The van der Waals surface area contributed by atoms with Gasteiger partial charge in [-0.1, -0.05) is 17.7 Å². The molecule has 0 bridgehead atoms. The van der Waals surface area contributed by atoms with E-state index in [0.717, 1.165) is 0 Å². The normalized spacial score (nSPS) is 10.4. The molecule has 2 aromatic carbocycles. The van der Waals surface area contributed by atoms with Gasteiger partial charge in [0, 0.05) is 29.9 Å². The third kappa shape index (κ3) is 3.44. The van der Waals surface area contributed by atoms with E-state index in [-0.39, 0.29) is 12.1 Å². The Balaban J connectivity index is 2.32. The first-order chi connectivity index (χ1) is 9.88. The summed E-state index contributed by atoms with van der Waals surface area (Å²) in [6.45, 7) is 0.215. The number of hydrogen-bond donors (Lipinski definition) is 2. The van der Waals surface area contributed by atoms with Crippen LogP contribution in [0.5, 0.6) is 0 Å². The second-order valence-corrected chi connectivity index (χ2v) is 5.11. The number of anilines is 2. The molecular formula is C15H14ClFN2O2. The zero-order valence-electron chi connectivity index (χ0n) is 11.3. The van der Waals surface area contributed by atoms with Crippen molar-refractivity contribution in [3.8, 4) is 0 Å². The van der Waals surface area contributed by atoms with E-state index in [2.05, 4.69) is 0 Å². The predicted octanol–water partition coefficient (Wildman–Crippen LogP) is 3.40. The molecule has 2 rings (SSSR count). The summed E-state index contributed by atoms with van der Waals surface area (Å²) < 4.78 is 13.8. The van der Waals surface area contributed by atoms with Gasteiger partial charge >= 0.3 is 5.97 Å². The van der Waals surface area contributed by atoms with Crippen molar-refractivity contribution in [2.24, 2.45) is 0 Å². The second-order valence-electron chi connectivity index (χ2n) is 4.67. The van der Waals surface area contributed by atoms with E-state index in [4.69, 9.17) is 17.3 Å². The highest BCUT2D eigenvalue weighted by Gasteiger charge is 2.15. The van der Waals surface area contributed by atoms with Crippen LogP contribution in [0.3, 0.4) is 0 Å². The van der Waals surface area contributed by atoms with Crippen molar-refractivity contribution in [2.75, 3.05) is 17.7 Å². The number of hydrogen-bond acceptors (Lipinski definition) is 3. The topological polar surface area (TPSA) is 66.6 Å². The molecule has 0 heterocycles. The van der Waals surface area contributed by atoms with Crippen molar-refractivity contribution in [3.05, 3.63) is 58.4 Å². The second kappa shape index (κ2) is 6.01. The molecule has 0 unspecified atom stereocenters. The molecule has 110 valence electrons. The Bertz CT molecular complexity index is 691. The molecule has 0 aliphatic rings. The van der Waals surface area contributed by atoms with Crippen molar-refractivity contribution in [1.82, 2.24) is 0 Å². The number of carbonyl (C=O) groups is 1. The van der Waals surface area contributed by atoms with Gasteiger partial charge in [-0.2, -0.15) is 0 Å². The molecule has 0 saturated heterocycles. The average Bonchev–Trinajstić information content (AvgIpc) is 2.41. The number of nitrogen functional groups attached to an aromatic ring is 1. The van der Waals surface area contributed by atoms with Crippen LogP contribution in [0.2, 0.25) is 5.02 Å². The molecule has 0 radical (unpaired) electrons. The Kier molecular flexibility index (Phi) is 4.33. The number of halogens is 2. The molecule has 2 aromatic rings. The maximum absolute atomic E-state index is 13.8. The fraction of sp³-hybridized carbons (Fsp3) is 0.133. The van der Waals surface area contributed by atoms with Crippen molar-refractivity contribution in [2.45, 2.75) is 6.54 Å². The quantitative estimate of drug-likeness (QED) is 0.850. The van der Waals surface area contributed by atoms with E-state index >= 15 is 0 Å². The van der Waals surface area contributed by atoms with Gasteiger partial charge in [-0.05, 0) is 30.3 Å². The molecular weight excluding hydrogens is 295 g/mol. The summed E-state index contributed by atoms with van der Waals surface area (Å²) in [6, 6.07) is 8.99. The van der Waals surface area contributed by atoms with Gasteiger partial charge in [0.25, 0.3) is 0 Å². The van der Waals surface area contributed by atoms with Gasteiger partial charge in [-0.15, -0.1) is 0 Å². The summed E-state index contributed by atoms with van der Waals surface area (Å²) in [5.41, 5.74) is 6.93. The Labute approximate surface area is 126 Å². The highest BCUT2D eigenvalue weighted by Crippen LogP contribution is 2.25.